The molecule has 21 heavy (non-hydrogen) atoms. The quantitative estimate of drug-likeness (QED) is 0.358. The Morgan fingerprint density at radius 1 is 1.48 bits per heavy atom. The molecule has 108 valence electrons. The predicted molar refractivity (Wildman–Crippen MR) is 82.1 cm³/mol. The van der Waals surface area contributed by atoms with Gasteiger partial charge < -0.3 is 0 Å². The Hall–Kier alpha value is -2.28. The van der Waals surface area contributed by atoms with Gasteiger partial charge in [0, 0.05) is 12.6 Å². The second-order valence-electron chi connectivity index (χ2n) is 4.17. The number of nitro benzene ring substituents is 1. The van der Waals surface area contributed by atoms with E-state index in [0.29, 0.717) is 22.3 Å². The first-order chi connectivity index (χ1) is 10.0. The van der Waals surface area contributed by atoms with Crippen LogP contribution in [0, 0.1) is 10.1 Å². The zero-order chi connectivity index (χ0) is 15.4. The molecule has 0 aliphatic rings. The summed E-state index contributed by atoms with van der Waals surface area (Å²) >= 11 is 3.28. The van der Waals surface area contributed by atoms with Crippen LogP contribution in [0.25, 0.3) is 6.08 Å². The summed E-state index contributed by atoms with van der Waals surface area (Å²) in [7, 11) is 0. The summed E-state index contributed by atoms with van der Waals surface area (Å²) in [6.07, 6.45) is 4.31. The number of hydrogen-bond acceptors (Lipinski definition) is 4. The first kappa shape index (κ1) is 15.1. The minimum atomic E-state index is -0.476. The van der Waals surface area contributed by atoms with Crippen LogP contribution < -0.4 is 0 Å². The Balaban J connectivity index is 2.32. The Kier molecular flexibility index (Phi) is 4.64. The lowest BCUT2D eigenvalue weighted by Crippen LogP contribution is -2.07. The van der Waals surface area contributed by atoms with Crippen LogP contribution in [0.4, 0.5) is 5.69 Å². The van der Waals surface area contributed by atoms with Gasteiger partial charge in [0.25, 0.3) is 5.69 Å². The second-order valence-corrected chi connectivity index (χ2v) is 5.02. The molecule has 0 saturated heterocycles. The van der Waals surface area contributed by atoms with Gasteiger partial charge in [-0.1, -0.05) is 12.1 Å². The van der Waals surface area contributed by atoms with E-state index in [2.05, 4.69) is 21.0 Å². The molecule has 0 spiro atoms. The normalized spacial score (nSPS) is 11.0. The van der Waals surface area contributed by atoms with Crippen molar-refractivity contribution in [3.63, 3.8) is 0 Å². The van der Waals surface area contributed by atoms with Crippen molar-refractivity contribution in [1.82, 2.24) is 9.78 Å². The fraction of sp³-hybridized carbons (Fsp3) is 0.143. The second kappa shape index (κ2) is 6.45. The lowest BCUT2D eigenvalue weighted by Gasteiger charge is -2.01. The van der Waals surface area contributed by atoms with Crippen molar-refractivity contribution in [1.29, 1.82) is 0 Å². The lowest BCUT2D eigenvalue weighted by molar-refractivity contribution is -0.385. The van der Waals surface area contributed by atoms with Gasteiger partial charge in [-0.3, -0.25) is 19.6 Å². The van der Waals surface area contributed by atoms with Gasteiger partial charge in [0.2, 0.25) is 5.78 Å². The van der Waals surface area contributed by atoms with Crippen LogP contribution in [0.3, 0.4) is 0 Å². The maximum Gasteiger partial charge on any atom is 0.276 e. The fourth-order valence-electron chi connectivity index (χ4n) is 1.89. The first-order valence-corrected chi connectivity index (χ1v) is 7.01. The van der Waals surface area contributed by atoms with Crippen molar-refractivity contribution in [3.05, 3.63) is 62.4 Å². The maximum atomic E-state index is 12.2. The van der Waals surface area contributed by atoms with Gasteiger partial charge >= 0.3 is 0 Å². The summed E-state index contributed by atoms with van der Waals surface area (Å²) in [6.45, 7) is 2.44. The topological polar surface area (TPSA) is 78.0 Å². The van der Waals surface area contributed by atoms with E-state index in [1.807, 2.05) is 6.92 Å². The summed E-state index contributed by atoms with van der Waals surface area (Å²) in [5.41, 5.74) is 0.770. The number of carbonyl (C=O) groups is 1. The zero-order valence-corrected chi connectivity index (χ0v) is 12.8. The van der Waals surface area contributed by atoms with Gasteiger partial charge in [-0.05, 0) is 41.1 Å². The number of benzene rings is 1. The van der Waals surface area contributed by atoms with Crippen molar-refractivity contribution in [2.45, 2.75) is 13.5 Å². The standard InChI is InChI=1S/C14H12BrN3O3/c1-2-17-14(11(15)9-16-17)13(19)8-7-10-5-3-4-6-12(10)18(20)21/h3-9H,2H2,1H3/b8-7+. The number of aromatic nitrogens is 2. The van der Waals surface area contributed by atoms with Crippen LogP contribution in [0.2, 0.25) is 0 Å². The monoisotopic (exact) mass is 349 g/mol. The molecule has 0 radical (unpaired) electrons. The summed E-state index contributed by atoms with van der Waals surface area (Å²) in [6, 6.07) is 6.26. The molecule has 1 heterocycles. The average molecular weight is 350 g/mol. The molecule has 0 aliphatic carbocycles. The van der Waals surface area contributed by atoms with E-state index >= 15 is 0 Å². The van der Waals surface area contributed by atoms with Gasteiger partial charge in [-0.2, -0.15) is 5.10 Å². The molecule has 0 fully saturated rings. The Labute approximate surface area is 129 Å². The largest absolute Gasteiger partial charge is 0.288 e. The van der Waals surface area contributed by atoms with Crippen LogP contribution in [0.5, 0.6) is 0 Å². The zero-order valence-electron chi connectivity index (χ0n) is 11.2. The highest BCUT2D eigenvalue weighted by atomic mass is 79.9. The number of para-hydroxylation sites is 1. The van der Waals surface area contributed by atoms with E-state index in [1.165, 1.54) is 18.2 Å². The number of rotatable bonds is 5. The highest BCUT2D eigenvalue weighted by molar-refractivity contribution is 9.10. The van der Waals surface area contributed by atoms with Crippen LogP contribution in [0.15, 0.2) is 41.0 Å². The summed E-state index contributed by atoms with van der Waals surface area (Å²) < 4.78 is 2.16. The number of nitro groups is 1. The molecule has 2 rings (SSSR count). The van der Waals surface area contributed by atoms with Crippen molar-refractivity contribution in [2.24, 2.45) is 0 Å². The summed E-state index contributed by atoms with van der Waals surface area (Å²) in [5.74, 6) is -0.264. The Morgan fingerprint density at radius 2 is 2.19 bits per heavy atom. The molecule has 1 aromatic heterocycles. The minimum Gasteiger partial charge on any atom is -0.288 e. The highest BCUT2D eigenvalue weighted by Gasteiger charge is 2.15. The van der Waals surface area contributed by atoms with Crippen molar-refractivity contribution in [3.8, 4) is 0 Å². The van der Waals surface area contributed by atoms with Crippen LogP contribution in [-0.2, 0) is 6.54 Å². The van der Waals surface area contributed by atoms with Crippen molar-refractivity contribution < 1.29 is 9.72 Å². The number of aryl methyl sites for hydroxylation is 1. The molecule has 0 bridgehead atoms. The predicted octanol–water partition coefficient (Wildman–Crippen LogP) is 3.47. The number of hydrogen-bond donors (Lipinski definition) is 0. The molecule has 0 saturated carbocycles. The molecule has 0 aliphatic heterocycles. The highest BCUT2D eigenvalue weighted by Crippen LogP contribution is 2.21. The summed E-state index contributed by atoms with van der Waals surface area (Å²) in [5, 5.41) is 15.0. The molecule has 0 atom stereocenters. The molecule has 0 N–H and O–H groups in total. The Morgan fingerprint density at radius 3 is 2.86 bits per heavy atom. The minimum absolute atomic E-state index is 0.0374. The van der Waals surface area contributed by atoms with Crippen LogP contribution in [0.1, 0.15) is 23.0 Å². The van der Waals surface area contributed by atoms with Gasteiger partial charge in [-0.25, -0.2) is 0 Å². The molecule has 7 heteroatoms. The number of ketones is 1. The third-order valence-electron chi connectivity index (χ3n) is 2.88. The molecular weight excluding hydrogens is 338 g/mol. The fourth-order valence-corrected chi connectivity index (χ4v) is 2.38. The van der Waals surface area contributed by atoms with E-state index < -0.39 is 4.92 Å². The van der Waals surface area contributed by atoms with Gasteiger partial charge in [-0.15, -0.1) is 0 Å². The van der Waals surface area contributed by atoms with E-state index in [4.69, 9.17) is 0 Å². The van der Waals surface area contributed by atoms with Gasteiger partial charge in [0.15, 0.2) is 0 Å². The van der Waals surface area contributed by atoms with Gasteiger partial charge in [0.1, 0.15) is 5.69 Å². The van der Waals surface area contributed by atoms with E-state index in [1.54, 1.807) is 29.1 Å². The summed E-state index contributed by atoms with van der Waals surface area (Å²) in [4.78, 5) is 22.7. The number of halogens is 1. The maximum absolute atomic E-state index is 12.2. The SMILES string of the molecule is CCn1ncc(Br)c1C(=O)/C=C/c1ccccc1[N+](=O)[O-]. The average Bonchev–Trinajstić information content (AvgIpc) is 2.86. The lowest BCUT2D eigenvalue weighted by atomic mass is 10.1. The van der Waals surface area contributed by atoms with Crippen molar-refractivity contribution >= 4 is 33.5 Å². The van der Waals surface area contributed by atoms with Crippen LogP contribution >= 0.6 is 15.9 Å². The molecule has 0 amide bonds. The molecule has 2 aromatic rings. The number of nitrogens with zero attached hydrogens (tertiary/aromatic N) is 3. The third-order valence-corrected chi connectivity index (χ3v) is 3.46. The van der Waals surface area contributed by atoms with E-state index in [9.17, 15) is 14.9 Å². The Bertz CT molecular complexity index is 722. The molecule has 6 nitrogen and oxygen atoms in total. The molecule has 0 unspecified atom stereocenters. The number of allylic oxidation sites excluding steroid dienone is 1. The van der Waals surface area contributed by atoms with E-state index in [0.717, 1.165) is 0 Å². The first-order valence-electron chi connectivity index (χ1n) is 6.21. The van der Waals surface area contributed by atoms with Gasteiger partial charge in [0.05, 0.1) is 21.2 Å². The van der Waals surface area contributed by atoms with Crippen LogP contribution in [-0.4, -0.2) is 20.5 Å². The van der Waals surface area contributed by atoms with Crippen molar-refractivity contribution in [2.75, 3.05) is 0 Å². The smallest absolute Gasteiger partial charge is 0.276 e. The number of carbonyl (C=O) groups excluding carboxylic acids is 1. The third kappa shape index (κ3) is 3.25. The molecule has 1 aromatic carbocycles. The molecular formula is C14H12BrN3O3. The van der Waals surface area contributed by atoms with E-state index in [-0.39, 0.29) is 11.5 Å².